The summed E-state index contributed by atoms with van der Waals surface area (Å²) in [4.78, 5) is 10.7. The number of carboxylic acids is 1. The van der Waals surface area contributed by atoms with Crippen molar-refractivity contribution < 1.29 is 14.6 Å². The van der Waals surface area contributed by atoms with Crippen LogP contribution in [0.2, 0.25) is 0 Å². The summed E-state index contributed by atoms with van der Waals surface area (Å²) in [7, 11) is 1.68. The number of hydrogen-bond donors (Lipinski definition) is 1. The summed E-state index contributed by atoms with van der Waals surface area (Å²) < 4.78 is 6.65. The van der Waals surface area contributed by atoms with Gasteiger partial charge < -0.3 is 9.84 Å². The average Bonchev–Trinajstić information content (AvgIpc) is 2.48. The van der Waals surface area contributed by atoms with Crippen LogP contribution in [0.1, 0.15) is 16.1 Å². The number of aromatic nitrogens is 2. The monoisotopic (exact) mass is 196 g/mol. The molecule has 0 bridgehead atoms. The normalized spacial score (nSPS) is 10.1. The van der Waals surface area contributed by atoms with Gasteiger partial charge in [-0.15, -0.1) is 6.58 Å². The highest BCUT2D eigenvalue weighted by molar-refractivity contribution is 5.88. The Bertz CT molecular complexity index is 344. The molecule has 0 aliphatic rings. The maximum absolute atomic E-state index is 10.7. The third-order valence-electron chi connectivity index (χ3n) is 1.77. The Morgan fingerprint density at radius 2 is 2.57 bits per heavy atom. The van der Waals surface area contributed by atoms with Crippen LogP contribution in [-0.4, -0.2) is 27.5 Å². The van der Waals surface area contributed by atoms with Gasteiger partial charge in [0.05, 0.1) is 25.1 Å². The lowest BCUT2D eigenvalue weighted by Gasteiger charge is -2.03. The zero-order valence-corrected chi connectivity index (χ0v) is 7.93. The lowest BCUT2D eigenvalue weighted by molar-refractivity contribution is 0.0689. The van der Waals surface area contributed by atoms with Crippen LogP contribution in [0.4, 0.5) is 0 Å². The number of aromatic carboxylic acids is 1. The van der Waals surface area contributed by atoms with Crippen molar-refractivity contribution in [1.82, 2.24) is 9.78 Å². The highest BCUT2D eigenvalue weighted by atomic mass is 16.5. The molecule has 0 fully saturated rings. The van der Waals surface area contributed by atoms with Crippen LogP contribution >= 0.6 is 0 Å². The van der Waals surface area contributed by atoms with Crippen molar-refractivity contribution in [2.75, 3.05) is 6.61 Å². The quantitative estimate of drug-likeness (QED) is 0.559. The molecule has 1 aromatic heterocycles. The molecule has 14 heavy (non-hydrogen) atoms. The molecule has 1 heterocycles. The number of aryl methyl sites for hydroxylation is 1. The standard InChI is InChI=1S/C9H12N2O3/c1-3-4-14-6-8-7(9(12)13)5-10-11(8)2/h3,5H,1,4,6H2,2H3,(H,12,13). The van der Waals surface area contributed by atoms with Crippen molar-refractivity contribution in [3.63, 3.8) is 0 Å². The summed E-state index contributed by atoms with van der Waals surface area (Å²) in [5.74, 6) is -0.990. The zero-order chi connectivity index (χ0) is 10.6. The minimum Gasteiger partial charge on any atom is -0.478 e. The fourth-order valence-electron chi connectivity index (χ4n) is 1.05. The maximum Gasteiger partial charge on any atom is 0.339 e. The van der Waals surface area contributed by atoms with Crippen LogP contribution in [0.3, 0.4) is 0 Å². The summed E-state index contributed by atoms with van der Waals surface area (Å²) in [6.45, 7) is 4.12. The number of rotatable bonds is 5. The number of nitrogens with zero attached hydrogens (tertiary/aromatic N) is 2. The van der Waals surface area contributed by atoms with Gasteiger partial charge in [0.25, 0.3) is 0 Å². The van der Waals surface area contributed by atoms with E-state index in [2.05, 4.69) is 11.7 Å². The van der Waals surface area contributed by atoms with Gasteiger partial charge in [0.15, 0.2) is 0 Å². The predicted molar refractivity (Wildman–Crippen MR) is 50.0 cm³/mol. The van der Waals surface area contributed by atoms with Crippen molar-refractivity contribution in [3.8, 4) is 0 Å². The van der Waals surface area contributed by atoms with Crippen LogP contribution in [0, 0.1) is 0 Å². The molecule has 0 aliphatic carbocycles. The Morgan fingerprint density at radius 3 is 3.14 bits per heavy atom. The molecule has 0 aromatic carbocycles. The van der Waals surface area contributed by atoms with Crippen molar-refractivity contribution in [1.29, 1.82) is 0 Å². The lowest BCUT2D eigenvalue weighted by atomic mass is 10.2. The van der Waals surface area contributed by atoms with E-state index in [1.54, 1.807) is 13.1 Å². The molecule has 0 amide bonds. The Morgan fingerprint density at radius 1 is 1.86 bits per heavy atom. The second kappa shape index (κ2) is 4.57. The molecular weight excluding hydrogens is 184 g/mol. The van der Waals surface area contributed by atoms with E-state index in [9.17, 15) is 4.79 Å². The van der Waals surface area contributed by atoms with E-state index in [4.69, 9.17) is 9.84 Å². The molecule has 0 aliphatic heterocycles. The molecule has 0 saturated heterocycles. The second-order valence-corrected chi connectivity index (χ2v) is 2.74. The largest absolute Gasteiger partial charge is 0.478 e. The molecule has 5 nitrogen and oxygen atoms in total. The highest BCUT2D eigenvalue weighted by Crippen LogP contribution is 2.08. The minimum absolute atomic E-state index is 0.177. The Labute approximate surface area is 81.6 Å². The molecule has 76 valence electrons. The van der Waals surface area contributed by atoms with Gasteiger partial charge >= 0.3 is 5.97 Å². The average molecular weight is 196 g/mol. The van der Waals surface area contributed by atoms with E-state index in [1.807, 2.05) is 0 Å². The molecule has 1 N–H and O–H groups in total. The molecule has 0 radical (unpaired) electrons. The van der Waals surface area contributed by atoms with Gasteiger partial charge in [-0.2, -0.15) is 5.10 Å². The fourth-order valence-corrected chi connectivity index (χ4v) is 1.05. The first kappa shape index (κ1) is 10.5. The third kappa shape index (κ3) is 2.20. The van der Waals surface area contributed by atoms with Crippen molar-refractivity contribution in [2.24, 2.45) is 7.05 Å². The smallest absolute Gasteiger partial charge is 0.339 e. The summed E-state index contributed by atoms with van der Waals surface area (Å²) in [6, 6.07) is 0. The Balaban J connectivity index is 2.77. The van der Waals surface area contributed by atoms with Crippen LogP contribution in [-0.2, 0) is 18.4 Å². The van der Waals surface area contributed by atoms with Crippen LogP contribution < -0.4 is 0 Å². The molecule has 0 atom stereocenters. The summed E-state index contributed by atoms with van der Waals surface area (Å²) in [5.41, 5.74) is 0.732. The van der Waals surface area contributed by atoms with Crippen LogP contribution in [0.5, 0.6) is 0 Å². The van der Waals surface area contributed by atoms with E-state index in [-0.39, 0.29) is 12.2 Å². The molecular formula is C9H12N2O3. The van der Waals surface area contributed by atoms with Crippen LogP contribution in [0.15, 0.2) is 18.9 Å². The predicted octanol–water partition coefficient (Wildman–Crippen LogP) is 0.821. The summed E-state index contributed by atoms with van der Waals surface area (Å²) in [6.07, 6.45) is 2.92. The molecule has 0 spiro atoms. The summed E-state index contributed by atoms with van der Waals surface area (Å²) >= 11 is 0. The number of carbonyl (C=O) groups is 1. The van der Waals surface area contributed by atoms with Gasteiger partial charge in [0.2, 0.25) is 0 Å². The van der Waals surface area contributed by atoms with E-state index in [0.717, 1.165) is 0 Å². The van der Waals surface area contributed by atoms with Gasteiger partial charge in [-0.25, -0.2) is 4.79 Å². The first-order chi connectivity index (χ1) is 6.66. The van der Waals surface area contributed by atoms with Crippen molar-refractivity contribution in [2.45, 2.75) is 6.61 Å². The highest BCUT2D eigenvalue weighted by Gasteiger charge is 2.14. The fraction of sp³-hybridized carbons (Fsp3) is 0.333. The number of ether oxygens (including phenoxy) is 1. The zero-order valence-electron chi connectivity index (χ0n) is 7.93. The van der Waals surface area contributed by atoms with E-state index < -0.39 is 5.97 Å². The number of hydrogen-bond acceptors (Lipinski definition) is 3. The first-order valence-electron chi connectivity index (χ1n) is 4.09. The van der Waals surface area contributed by atoms with E-state index >= 15 is 0 Å². The molecule has 1 aromatic rings. The number of carboxylic acid groups (broad SMARTS) is 1. The maximum atomic E-state index is 10.7. The minimum atomic E-state index is -0.990. The first-order valence-corrected chi connectivity index (χ1v) is 4.09. The van der Waals surface area contributed by atoms with Gasteiger partial charge in [0, 0.05) is 7.05 Å². The van der Waals surface area contributed by atoms with Gasteiger partial charge in [-0.3, -0.25) is 4.68 Å². The SMILES string of the molecule is C=CCOCc1c(C(=O)O)cnn1C. The second-order valence-electron chi connectivity index (χ2n) is 2.74. The molecule has 0 saturated carbocycles. The third-order valence-corrected chi connectivity index (χ3v) is 1.77. The van der Waals surface area contributed by atoms with Crippen LogP contribution in [0.25, 0.3) is 0 Å². The van der Waals surface area contributed by atoms with Crippen molar-refractivity contribution in [3.05, 3.63) is 30.1 Å². The van der Waals surface area contributed by atoms with Crippen molar-refractivity contribution >= 4 is 5.97 Å². The van der Waals surface area contributed by atoms with Gasteiger partial charge in [-0.05, 0) is 0 Å². The van der Waals surface area contributed by atoms with E-state index in [0.29, 0.717) is 12.3 Å². The van der Waals surface area contributed by atoms with Gasteiger partial charge in [0.1, 0.15) is 5.56 Å². The lowest BCUT2D eigenvalue weighted by Crippen LogP contribution is -2.06. The summed E-state index contributed by atoms with van der Waals surface area (Å²) in [5, 5.41) is 12.7. The van der Waals surface area contributed by atoms with E-state index in [1.165, 1.54) is 10.9 Å². The van der Waals surface area contributed by atoms with Gasteiger partial charge in [-0.1, -0.05) is 6.08 Å². The molecule has 5 heteroatoms. The topological polar surface area (TPSA) is 64.3 Å². The molecule has 0 unspecified atom stereocenters. The Kier molecular flexibility index (Phi) is 3.41. The molecule has 1 rings (SSSR count). The Hall–Kier alpha value is -1.62.